The van der Waals surface area contributed by atoms with Crippen molar-refractivity contribution in [2.45, 2.75) is 72.3 Å². The predicted molar refractivity (Wildman–Crippen MR) is 88.6 cm³/mol. The lowest BCUT2D eigenvalue weighted by atomic mass is 9.90. The molecular formula is C18H35NO2. The summed E-state index contributed by atoms with van der Waals surface area (Å²) >= 11 is 0. The van der Waals surface area contributed by atoms with Gasteiger partial charge in [0.05, 0.1) is 6.10 Å². The molecule has 0 spiro atoms. The summed E-state index contributed by atoms with van der Waals surface area (Å²) in [4.78, 5) is 14.3. The van der Waals surface area contributed by atoms with Gasteiger partial charge in [0.25, 0.3) is 0 Å². The highest BCUT2D eigenvalue weighted by atomic mass is 16.5. The third kappa shape index (κ3) is 8.57. The third-order valence-corrected chi connectivity index (χ3v) is 4.47. The first-order valence-electron chi connectivity index (χ1n) is 8.85. The van der Waals surface area contributed by atoms with E-state index in [9.17, 15) is 4.79 Å². The molecule has 21 heavy (non-hydrogen) atoms. The van der Waals surface area contributed by atoms with E-state index in [1.807, 2.05) is 13.8 Å². The fourth-order valence-electron chi connectivity index (χ4n) is 2.89. The minimum atomic E-state index is 0.207. The van der Waals surface area contributed by atoms with Crippen LogP contribution in [0.3, 0.4) is 0 Å². The summed E-state index contributed by atoms with van der Waals surface area (Å²) in [6, 6.07) is 0. The summed E-state index contributed by atoms with van der Waals surface area (Å²) in [5.41, 5.74) is 0. The zero-order chi connectivity index (χ0) is 15.7. The molecule has 0 aromatic rings. The van der Waals surface area contributed by atoms with E-state index < -0.39 is 0 Å². The van der Waals surface area contributed by atoms with Crippen molar-refractivity contribution in [1.29, 1.82) is 0 Å². The first-order valence-corrected chi connectivity index (χ1v) is 8.85. The second kappa shape index (κ2) is 10.3. The van der Waals surface area contributed by atoms with Crippen molar-refractivity contribution >= 4 is 5.78 Å². The van der Waals surface area contributed by atoms with Crippen molar-refractivity contribution in [2.24, 2.45) is 11.8 Å². The number of ether oxygens (including phenoxy) is 1. The van der Waals surface area contributed by atoms with E-state index in [-0.39, 0.29) is 5.92 Å². The van der Waals surface area contributed by atoms with E-state index in [1.54, 1.807) is 0 Å². The number of hydrogen-bond acceptors (Lipinski definition) is 3. The molecular weight excluding hydrogens is 262 g/mol. The lowest BCUT2D eigenvalue weighted by Gasteiger charge is -2.32. The smallest absolute Gasteiger partial charge is 0.135 e. The highest BCUT2D eigenvalue weighted by Gasteiger charge is 2.20. The van der Waals surface area contributed by atoms with E-state index in [0.717, 1.165) is 25.4 Å². The van der Waals surface area contributed by atoms with Gasteiger partial charge in [-0.15, -0.1) is 0 Å². The molecule has 3 heteroatoms. The highest BCUT2D eigenvalue weighted by molar-refractivity contribution is 5.80. The average molecular weight is 297 g/mol. The van der Waals surface area contributed by atoms with Gasteiger partial charge in [-0.3, -0.25) is 4.79 Å². The molecule has 1 aliphatic heterocycles. The first kappa shape index (κ1) is 18.6. The standard InChI is InChI=1S/C18H35NO2/c1-15(2)18(20)8-7-17-9-12-19(13-10-17)11-5-6-14-21-16(3)4/h15-17H,5-14H2,1-4H3. The largest absolute Gasteiger partial charge is 0.379 e. The van der Waals surface area contributed by atoms with Crippen molar-refractivity contribution in [2.75, 3.05) is 26.2 Å². The number of rotatable bonds is 10. The van der Waals surface area contributed by atoms with Gasteiger partial charge in [0.2, 0.25) is 0 Å². The summed E-state index contributed by atoms with van der Waals surface area (Å²) in [5, 5.41) is 0. The van der Waals surface area contributed by atoms with Gasteiger partial charge in [-0.05, 0) is 71.5 Å². The first-order chi connectivity index (χ1) is 9.99. The van der Waals surface area contributed by atoms with E-state index in [4.69, 9.17) is 4.74 Å². The van der Waals surface area contributed by atoms with Crippen LogP contribution in [0, 0.1) is 11.8 Å². The zero-order valence-corrected chi connectivity index (χ0v) is 14.6. The fourth-order valence-corrected chi connectivity index (χ4v) is 2.89. The average Bonchev–Trinajstić information content (AvgIpc) is 2.45. The normalized spacial score (nSPS) is 17.8. The maximum absolute atomic E-state index is 11.7. The molecule has 0 atom stereocenters. The van der Waals surface area contributed by atoms with Crippen LogP contribution in [-0.4, -0.2) is 43.0 Å². The van der Waals surface area contributed by atoms with Crippen molar-refractivity contribution in [1.82, 2.24) is 4.90 Å². The number of nitrogens with zero attached hydrogens (tertiary/aromatic N) is 1. The van der Waals surface area contributed by atoms with Crippen LogP contribution in [0.4, 0.5) is 0 Å². The maximum atomic E-state index is 11.7. The number of carbonyl (C=O) groups excluding carboxylic acids is 1. The molecule has 0 aromatic carbocycles. The van der Waals surface area contributed by atoms with Crippen molar-refractivity contribution in [3.05, 3.63) is 0 Å². The van der Waals surface area contributed by atoms with Gasteiger partial charge in [-0.1, -0.05) is 13.8 Å². The molecule has 0 unspecified atom stereocenters. The minimum Gasteiger partial charge on any atom is -0.379 e. The van der Waals surface area contributed by atoms with E-state index in [0.29, 0.717) is 11.9 Å². The molecule has 0 amide bonds. The molecule has 0 N–H and O–H groups in total. The third-order valence-electron chi connectivity index (χ3n) is 4.47. The maximum Gasteiger partial charge on any atom is 0.135 e. The Balaban J connectivity index is 2.03. The van der Waals surface area contributed by atoms with Gasteiger partial charge in [0.1, 0.15) is 5.78 Å². The molecule has 1 saturated heterocycles. The van der Waals surface area contributed by atoms with Crippen LogP contribution in [0.1, 0.15) is 66.2 Å². The molecule has 1 heterocycles. The molecule has 0 saturated carbocycles. The van der Waals surface area contributed by atoms with Crippen molar-refractivity contribution in [3.8, 4) is 0 Å². The Morgan fingerprint density at radius 1 is 1.14 bits per heavy atom. The van der Waals surface area contributed by atoms with Gasteiger partial charge in [-0.2, -0.15) is 0 Å². The number of unbranched alkanes of at least 4 members (excludes halogenated alkanes) is 1. The minimum absolute atomic E-state index is 0.207. The van der Waals surface area contributed by atoms with Crippen LogP contribution >= 0.6 is 0 Å². The van der Waals surface area contributed by atoms with Gasteiger partial charge in [-0.25, -0.2) is 0 Å². The summed E-state index contributed by atoms with van der Waals surface area (Å²) in [5.74, 6) is 1.41. The van der Waals surface area contributed by atoms with Gasteiger partial charge in [0, 0.05) is 18.9 Å². The van der Waals surface area contributed by atoms with Gasteiger partial charge in [0.15, 0.2) is 0 Å². The van der Waals surface area contributed by atoms with Crippen molar-refractivity contribution < 1.29 is 9.53 Å². The second-order valence-corrected chi connectivity index (χ2v) is 7.07. The van der Waals surface area contributed by atoms with E-state index in [1.165, 1.54) is 45.3 Å². The summed E-state index contributed by atoms with van der Waals surface area (Å²) < 4.78 is 5.57. The second-order valence-electron chi connectivity index (χ2n) is 7.07. The molecule has 0 bridgehead atoms. The topological polar surface area (TPSA) is 29.5 Å². The Morgan fingerprint density at radius 3 is 2.38 bits per heavy atom. The number of hydrogen-bond donors (Lipinski definition) is 0. The van der Waals surface area contributed by atoms with Crippen LogP contribution < -0.4 is 0 Å². The number of ketones is 1. The van der Waals surface area contributed by atoms with Gasteiger partial charge >= 0.3 is 0 Å². The molecule has 3 nitrogen and oxygen atoms in total. The summed E-state index contributed by atoms with van der Waals surface area (Å²) in [7, 11) is 0. The Hall–Kier alpha value is -0.410. The van der Waals surface area contributed by atoms with Crippen molar-refractivity contribution in [3.63, 3.8) is 0 Å². The summed E-state index contributed by atoms with van der Waals surface area (Å²) in [6.45, 7) is 12.7. The monoisotopic (exact) mass is 297 g/mol. The number of piperidine rings is 1. The van der Waals surface area contributed by atoms with E-state index in [2.05, 4.69) is 18.7 Å². The Kier molecular flexibility index (Phi) is 9.18. The lowest BCUT2D eigenvalue weighted by Crippen LogP contribution is -2.34. The molecule has 1 fully saturated rings. The van der Waals surface area contributed by atoms with Crippen LogP contribution in [0.15, 0.2) is 0 Å². The molecule has 0 aliphatic carbocycles. The summed E-state index contributed by atoms with van der Waals surface area (Å²) in [6.07, 6.45) is 7.20. The quantitative estimate of drug-likeness (QED) is 0.573. The Bertz CT molecular complexity index is 281. The number of Topliss-reactive ketones (excluding diaryl/α,β-unsaturated/α-hetero) is 1. The molecule has 124 valence electrons. The van der Waals surface area contributed by atoms with E-state index >= 15 is 0 Å². The zero-order valence-electron chi connectivity index (χ0n) is 14.6. The number of likely N-dealkylation sites (tertiary alicyclic amines) is 1. The predicted octanol–water partition coefficient (Wildman–Crippen LogP) is 3.91. The van der Waals surface area contributed by atoms with Gasteiger partial charge < -0.3 is 9.64 Å². The highest BCUT2D eigenvalue weighted by Crippen LogP contribution is 2.23. The molecule has 0 aromatic heterocycles. The fraction of sp³-hybridized carbons (Fsp3) is 0.944. The molecule has 1 rings (SSSR count). The van der Waals surface area contributed by atoms with Crippen LogP contribution in [0.25, 0.3) is 0 Å². The molecule has 1 aliphatic rings. The Labute approximate surface area is 131 Å². The number of carbonyl (C=O) groups is 1. The van der Waals surface area contributed by atoms with Crippen LogP contribution in [0.5, 0.6) is 0 Å². The molecule has 0 radical (unpaired) electrons. The van der Waals surface area contributed by atoms with Crippen LogP contribution in [0.2, 0.25) is 0 Å². The lowest BCUT2D eigenvalue weighted by molar-refractivity contribution is -0.122. The van der Waals surface area contributed by atoms with Crippen LogP contribution in [-0.2, 0) is 9.53 Å². The SMILES string of the molecule is CC(C)OCCCCN1CCC(CCC(=O)C(C)C)CC1. The Morgan fingerprint density at radius 2 is 1.81 bits per heavy atom.